The SMILES string of the molecule is CCOC(=O)c1c(NC(=O)C=Cc2ccc(OCc3ccccc3)c(OC)c2)sc2c1C(C)CCC2. The summed E-state index contributed by atoms with van der Waals surface area (Å²) < 4.78 is 16.7. The Kier molecular flexibility index (Phi) is 8.44. The summed E-state index contributed by atoms with van der Waals surface area (Å²) in [5.74, 6) is 0.785. The van der Waals surface area contributed by atoms with Crippen molar-refractivity contribution in [2.75, 3.05) is 19.0 Å². The van der Waals surface area contributed by atoms with Gasteiger partial charge in [0.05, 0.1) is 19.3 Å². The predicted molar refractivity (Wildman–Crippen MR) is 143 cm³/mol. The number of methoxy groups -OCH3 is 1. The number of anilines is 1. The maximum absolute atomic E-state index is 12.8. The number of benzene rings is 2. The van der Waals surface area contributed by atoms with Crippen LogP contribution in [0.2, 0.25) is 0 Å². The Bertz CT molecular complexity index is 1250. The zero-order chi connectivity index (χ0) is 25.5. The van der Waals surface area contributed by atoms with E-state index in [1.54, 1.807) is 20.1 Å². The molecule has 1 atom stereocenters. The topological polar surface area (TPSA) is 73.9 Å². The Balaban J connectivity index is 1.47. The average Bonchev–Trinajstić information content (AvgIpc) is 3.26. The first-order chi connectivity index (χ1) is 17.5. The lowest BCUT2D eigenvalue weighted by Crippen LogP contribution is -2.15. The van der Waals surface area contributed by atoms with Gasteiger partial charge >= 0.3 is 5.97 Å². The van der Waals surface area contributed by atoms with E-state index in [4.69, 9.17) is 14.2 Å². The number of hydrogen-bond donors (Lipinski definition) is 1. The minimum absolute atomic E-state index is 0.265. The fraction of sp³-hybridized carbons (Fsp3) is 0.310. The standard InChI is InChI=1S/C29H31NO5S/c1-4-34-29(32)27-26-19(2)9-8-12-24(26)36-28(27)30-25(31)16-14-20-13-15-22(23(17-20)33-3)35-18-21-10-6-5-7-11-21/h5-7,10-11,13-17,19H,4,8-9,12,18H2,1-3H3,(H,30,31). The van der Waals surface area contributed by atoms with Crippen molar-refractivity contribution in [1.29, 1.82) is 0 Å². The number of carbonyl (C=O) groups excluding carboxylic acids is 2. The quantitative estimate of drug-likeness (QED) is 0.262. The number of hydrogen-bond acceptors (Lipinski definition) is 6. The monoisotopic (exact) mass is 505 g/mol. The first kappa shape index (κ1) is 25.5. The van der Waals surface area contributed by atoms with E-state index in [-0.39, 0.29) is 24.4 Å². The average molecular weight is 506 g/mol. The lowest BCUT2D eigenvalue weighted by molar-refractivity contribution is -0.111. The largest absolute Gasteiger partial charge is 0.493 e. The number of rotatable bonds is 9. The number of ether oxygens (including phenoxy) is 3. The summed E-state index contributed by atoms with van der Waals surface area (Å²) in [4.78, 5) is 26.7. The van der Waals surface area contributed by atoms with Gasteiger partial charge in [0.2, 0.25) is 5.91 Å². The van der Waals surface area contributed by atoms with Crippen LogP contribution in [0.4, 0.5) is 5.00 Å². The van der Waals surface area contributed by atoms with Gasteiger partial charge in [-0.2, -0.15) is 0 Å². The summed E-state index contributed by atoms with van der Waals surface area (Å²) in [5, 5.41) is 3.47. The Morgan fingerprint density at radius 3 is 2.69 bits per heavy atom. The number of esters is 1. The highest BCUT2D eigenvalue weighted by Crippen LogP contribution is 2.43. The first-order valence-corrected chi connectivity index (χ1v) is 13.0. The van der Waals surface area contributed by atoms with Crippen LogP contribution in [-0.4, -0.2) is 25.6 Å². The number of nitrogens with one attached hydrogen (secondary N) is 1. The summed E-state index contributed by atoms with van der Waals surface area (Å²) in [7, 11) is 1.58. The molecular weight excluding hydrogens is 474 g/mol. The van der Waals surface area contributed by atoms with E-state index in [2.05, 4.69) is 12.2 Å². The van der Waals surface area contributed by atoms with E-state index in [0.717, 1.165) is 40.8 Å². The van der Waals surface area contributed by atoms with E-state index < -0.39 is 0 Å². The van der Waals surface area contributed by atoms with Crippen molar-refractivity contribution < 1.29 is 23.8 Å². The van der Waals surface area contributed by atoms with Crippen molar-refractivity contribution in [2.24, 2.45) is 0 Å². The molecule has 3 aromatic rings. The van der Waals surface area contributed by atoms with Crippen molar-refractivity contribution in [1.82, 2.24) is 0 Å². The molecule has 36 heavy (non-hydrogen) atoms. The molecule has 1 aliphatic carbocycles. The van der Waals surface area contributed by atoms with Crippen LogP contribution in [0.1, 0.15) is 64.5 Å². The molecule has 188 valence electrons. The molecule has 1 aromatic heterocycles. The van der Waals surface area contributed by atoms with Crippen LogP contribution < -0.4 is 14.8 Å². The third kappa shape index (κ3) is 5.97. The van der Waals surface area contributed by atoms with Gasteiger partial charge in [-0.1, -0.05) is 43.3 Å². The molecule has 1 N–H and O–H groups in total. The van der Waals surface area contributed by atoms with E-state index in [1.807, 2.05) is 48.5 Å². The van der Waals surface area contributed by atoms with Crippen molar-refractivity contribution >= 4 is 34.3 Å². The molecule has 7 heteroatoms. The molecule has 4 rings (SSSR count). The van der Waals surface area contributed by atoms with Gasteiger partial charge in [0.1, 0.15) is 11.6 Å². The molecule has 0 saturated heterocycles. The van der Waals surface area contributed by atoms with Gasteiger partial charge in [-0.25, -0.2) is 4.79 Å². The number of amides is 1. The Morgan fingerprint density at radius 2 is 1.94 bits per heavy atom. The second kappa shape index (κ2) is 11.9. The summed E-state index contributed by atoms with van der Waals surface area (Å²) >= 11 is 1.48. The maximum Gasteiger partial charge on any atom is 0.341 e. The maximum atomic E-state index is 12.8. The fourth-order valence-corrected chi connectivity index (χ4v) is 5.73. The molecule has 0 fully saturated rings. The van der Waals surface area contributed by atoms with Crippen LogP contribution in [0.15, 0.2) is 54.6 Å². The predicted octanol–water partition coefficient (Wildman–Crippen LogP) is 6.60. The highest BCUT2D eigenvalue weighted by atomic mass is 32.1. The highest BCUT2D eigenvalue weighted by molar-refractivity contribution is 7.17. The van der Waals surface area contributed by atoms with E-state index in [9.17, 15) is 9.59 Å². The van der Waals surface area contributed by atoms with Gasteiger partial charge in [-0.3, -0.25) is 4.79 Å². The lowest BCUT2D eigenvalue weighted by Gasteiger charge is -2.19. The third-order valence-electron chi connectivity index (χ3n) is 6.12. The fourth-order valence-electron chi connectivity index (χ4n) is 4.37. The zero-order valence-electron chi connectivity index (χ0n) is 20.8. The van der Waals surface area contributed by atoms with Crippen LogP contribution in [-0.2, 0) is 22.6 Å². The summed E-state index contributed by atoms with van der Waals surface area (Å²) in [6.45, 7) is 4.63. The minimum atomic E-state index is -0.376. The molecular formula is C29H31NO5S. The molecule has 1 heterocycles. The summed E-state index contributed by atoms with van der Waals surface area (Å²) in [5.41, 5.74) is 3.39. The molecule has 1 unspecified atom stereocenters. The molecule has 0 bridgehead atoms. The zero-order valence-corrected chi connectivity index (χ0v) is 21.7. The number of carbonyl (C=O) groups is 2. The van der Waals surface area contributed by atoms with Crippen LogP contribution in [0, 0.1) is 0 Å². The Morgan fingerprint density at radius 1 is 1.14 bits per heavy atom. The van der Waals surface area contributed by atoms with Crippen LogP contribution in [0.25, 0.3) is 6.08 Å². The van der Waals surface area contributed by atoms with Crippen LogP contribution in [0.5, 0.6) is 11.5 Å². The van der Waals surface area contributed by atoms with Gasteiger partial charge in [-0.15, -0.1) is 11.3 Å². The highest BCUT2D eigenvalue weighted by Gasteiger charge is 2.30. The number of thiophene rings is 1. The molecule has 0 saturated carbocycles. The van der Waals surface area contributed by atoms with Gasteiger partial charge < -0.3 is 19.5 Å². The normalized spacial score (nSPS) is 14.8. The lowest BCUT2D eigenvalue weighted by atomic mass is 9.86. The van der Waals surface area contributed by atoms with Crippen LogP contribution in [0.3, 0.4) is 0 Å². The second-order valence-corrected chi connectivity index (χ2v) is 9.77. The molecule has 2 aromatic carbocycles. The van der Waals surface area contributed by atoms with Crippen molar-refractivity contribution in [3.05, 3.63) is 81.7 Å². The molecule has 0 aliphatic heterocycles. The second-order valence-electron chi connectivity index (χ2n) is 8.66. The van der Waals surface area contributed by atoms with E-state index in [1.165, 1.54) is 17.4 Å². The van der Waals surface area contributed by atoms with Gasteiger partial charge in [0, 0.05) is 11.0 Å². The van der Waals surface area contributed by atoms with Gasteiger partial charge in [0.15, 0.2) is 11.5 Å². The van der Waals surface area contributed by atoms with Crippen LogP contribution >= 0.6 is 11.3 Å². The number of aryl methyl sites for hydroxylation is 1. The molecule has 0 spiro atoms. The van der Waals surface area contributed by atoms with Gasteiger partial charge in [0.25, 0.3) is 0 Å². The first-order valence-electron chi connectivity index (χ1n) is 12.2. The third-order valence-corrected chi connectivity index (χ3v) is 7.30. The smallest absolute Gasteiger partial charge is 0.341 e. The van der Waals surface area contributed by atoms with E-state index >= 15 is 0 Å². The molecule has 1 amide bonds. The molecule has 6 nitrogen and oxygen atoms in total. The Hall–Kier alpha value is -3.58. The Labute approximate surface area is 215 Å². The van der Waals surface area contributed by atoms with Crippen molar-refractivity contribution in [3.8, 4) is 11.5 Å². The minimum Gasteiger partial charge on any atom is -0.493 e. The van der Waals surface area contributed by atoms with Crippen molar-refractivity contribution in [3.63, 3.8) is 0 Å². The van der Waals surface area contributed by atoms with Crippen molar-refractivity contribution in [2.45, 2.75) is 45.6 Å². The molecule has 0 radical (unpaired) electrons. The number of fused-ring (bicyclic) bond motifs is 1. The summed E-state index contributed by atoms with van der Waals surface area (Å²) in [6.07, 6.45) is 6.18. The van der Waals surface area contributed by atoms with E-state index in [0.29, 0.717) is 28.7 Å². The van der Waals surface area contributed by atoms with Gasteiger partial charge in [-0.05, 0) is 67.0 Å². The summed E-state index contributed by atoms with van der Waals surface area (Å²) in [6, 6.07) is 15.4. The molecule has 1 aliphatic rings.